The highest BCUT2D eigenvalue weighted by atomic mass is 79.9. The Hall–Kier alpha value is -3.67. The van der Waals surface area contributed by atoms with E-state index in [2.05, 4.69) is 26.2 Å². The molecule has 8 nitrogen and oxygen atoms in total. The normalized spacial score (nSPS) is 19.8. The molecule has 3 aromatic rings. The van der Waals surface area contributed by atoms with Crippen LogP contribution in [-0.4, -0.2) is 52.5 Å². The van der Waals surface area contributed by atoms with Crippen molar-refractivity contribution >= 4 is 33.3 Å². The van der Waals surface area contributed by atoms with Crippen LogP contribution in [0.1, 0.15) is 63.0 Å². The number of carbonyl (C=O) groups is 2. The Balaban J connectivity index is 1.58. The molecule has 1 unspecified atom stereocenters. The summed E-state index contributed by atoms with van der Waals surface area (Å²) in [6.07, 6.45) is 7.81. The number of halogens is 3. The predicted molar refractivity (Wildman–Crippen MR) is 179 cm³/mol. The fourth-order valence-corrected chi connectivity index (χ4v) is 7.15. The molecule has 0 radical (unpaired) electrons. The number of rotatable bonds is 15. The summed E-state index contributed by atoms with van der Waals surface area (Å²) < 4.78 is 35.4. The molecule has 1 fully saturated rings. The van der Waals surface area contributed by atoms with E-state index in [4.69, 9.17) is 10.2 Å². The molecule has 2 aliphatic carbocycles. The van der Waals surface area contributed by atoms with Gasteiger partial charge in [0.1, 0.15) is 17.9 Å². The number of oxazole rings is 1. The number of benzene rings is 2. The third kappa shape index (κ3) is 7.74. The van der Waals surface area contributed by atoms with E-state index in [0.29, 0.717) is 24.2 Å². The predicted octanol–water partition coefficient (Wildman–Crippen LogP) is 6.05. The number of aliphatic hydroxyl groups is 1. The van der Waals surface area contributed by atoms with Gasteiger partial charge in [-0.15, -0.1) is 0 Å². The van der Waals surface area contributed by atoms with Crippen LogP contribution in [0.15, 0.2) is 81.5 Å². The zero-order valence-corrected chi connectivity index (χ0v) is 28.2. The first-order valence-electron chi connectivity index (χ1n) is 16.1. The van der Waals surface area contributed by atoms with Crippen molar-refractivity contribution in [1.82, 2.24) is 15.2 Å². The van der Waals surface area contributed by atoms with Crippen LogP contribution in [0.2, 0.25) is 0 Å². The van der Waals surface area contributed by atoms with E-state index in [1.54, 1.807) is 17.1 Å². The molecule has 1 heterocycles. The van der Waals surface area contributed by atoms with E-state index in [1.807, 2.05) is 38.1 Å². The lowest BCUT2D eigenvalue weighted by molar-refractivity contribution is -0.132. The van der Waals surface area contributed by atoms with Crippen molar-refractivity contribution in [2.75, 3.05) is 19.6 Å². The number of hydrogen-bond donors (Lipinski definition) is 3. The summed E-state index contributed by atoms with van der Waals surface area (Å²) in [5.41, 5.74) is 6.21. The fourth-order valence-electron chi connectivity index (χ4n) is 6.75. The zero-order valence-electron chi connectivity index (χ0n) is 26.6. The summed E-state index contributed by atoms with van der Waals surface area (Å²) >= 11 is 3.53. The van der Waals surface area contributed by atoms with Crippen LogP contribution < -0.4 is 11.1 Å². The Kier molecular flexibility index (Phi) is 10.8. The van der Waals surface area contributed by atoms with Gasteiger partial charge in [0.15, 0.2) is 0 Å². The molecular formula is C36H41BrF2N4O4. The van der Waals surface area contributed by atoms with Gasteiger partial charge in [-0.2, -0.15) is 0 Å². The van der Waals surface area contributed by atoms with E-state index in [9.17, 15) is 23.5 Å². The fraction of sp³-hybridized carbons (Fsp3) is 0.417. The molecule has 1 aromatic heterocycles. The zero-order chi connectivity index (χ0) is 33.8. The summed E-state index contributed by atoms with van der Waals surface area (Å²) in [6, 6.07) is 11.1. The van der Waals surface area contributed by atoms with E-state index in [1.165, 1.54) is 24.6 Å². The van der Waals surface area contributed by atoms with Gasteiger partial charge in [0, 0.05) is 52.8 Å². The summed E-state index contributed by atoms with van der Waals surface area (Å²) in [5.74, 6) is -3.43. The first-order valence-corrected chi connectivity index (χ1v) is 16.9. The van der Waals surface area contributed by atoms with Crippen LogP contribution in [0.25, 0.3) is 5.57 Å². The highest BCUT2D eigenvalue weighted by Gasteiger charge is 2.51. The molecule has 0 bridgehead atoms. The van der Waals surface area contributed by atoms with E-state index in [-0.39, 0.29) is 42.3 Å². The first-order chi connectivity index (χ1) is 22.5. The van der Waals surface area contributed by atoms with Gasteiger partial charge in [-0.25, -0.2) is 13.8 Å². The number of aliphatic hydroxyl groups excluding tert-OH is 1. The maximum absolute atomic E-state index is 14.5. The Morgan fingerprint density at radius 1 is 1.13 bits per heavy atom. The summed E-state index contributed by atoms with van der Waals surface area (Å²) in [6.45, 7) is 5.05. The summed E-state index contributed by atoms with van der Waals surface area (Å²) in [4.78, 5) is 33.9. The number of allylic oxidation sites excluding steroid dienone is 2. The maximum Gasteiger partial charge on any atom is 0.249 e. The van der Waals surface area contributed by atoms with Gasteiger partial charge in [0.2, 0.25) is 17.7 Å². The van der Waals surface area contributed by atoms with Crippen LogP contribution in [0, 0.1) is 23.0 Å². The number of primary amides is 1. The average Bonchev–Trinajstić information content (AvgIpc) is 3.63. The van der Waals surface area contributed by atoms with Crippen LogP contribution in [0.4, 0.5) is 8.78 Å². The van der Waals surface area contributed by atoms with Crippen LogP contribution >= 0.6 is 15.9 Å². The van der Waals surface area contributed by atoms with Crippen LogP contribution in [0.3, 0.4) is 0 Å². The lowest BCUT2D eigenvalue weighted by Crippen LogP contribution is -2.52. The number of amides is 2. The number of aromatic nitrogens is 1. The molecule has 47 heavy (non-hydrogen) atoms. The van der Waals surface area contributed by atoms with E-state index < -0.39 is 35.0 Å². The van der Waals surface area contributed by atoms with Crippen LogP contribution in [-0.2, 0) is 21.5 Å². The number of hydrogen-bond acceptors (Lipinski definition) is 6. The van der Waals surface area contributed by atoms with Crippen molar-refractivity contribution < 1.29 is 27.9 Å². The lowest BCUT2D eigenvalue weighted by atomic mass is 9.63. The van der Waals surface area contributed by atoms with Crippen molar-refractivity contribution in [3.8, 4) is 0 Å². The first kappa shape index (κ1) is 34.7. The molecule has 4 N–H and O–H groups in total. The number of nitrogens with zero attached hydrogens (tertiary/aromatic N) is 2. The molecular weight excluding hydrogens is 670 g/mol. The van der Waals surface area contributed by atoms with Crippen molar-refractivity contribution in [2.24, 2.45) is 17.1 Å². The second-order valence-electron chi connectivity index (χ2n) is 12.6. The van der Waals surface area contributed by atoms with Gasteiger partial charge in [-0.1, -0.05) is 48.0 Å². The second-order valence-corrected chi connectivity index (χ2v) is 13.5. The molecule has 5 rings (SSSR count). The lowest BCUT2D eigenvalue weighted by Gasteiger charge is -2.42. The Bertz CT molecular complexity index is 1630. The van der Waals surface area contributed by atoms with Gasteiger partial charge < -0.3 is 25.5 Å². The molecule has 1 saturated carbocycles. The molecule has 250 valence electrons. The SMILES string of the molecule is CCCN(CCC)C(=O)C1=CC(c2ncco2)=CC(C(N)=O)([C@H](Cc2cc(F)cc(F)c2)[C@@H](O)CNC2(c3cccc(Br)c3)CC2)C1. The topological polar surface area (TPSA) is 122 Å². The Morgan fingerprint density at radius 3 is 2.40 bits per heavy atom. The minimum atomic E-state index is -1.65. The largest absolute Gasteiger partial charge is 0.445 e. The average molecular weight is 712 g/mol. The van der Waals surface area contributed by atoms with Crippen molar-refractivity contribution in [3.05, 3.63) is 106 Å². The minimum absolute atomic E-state index is 0.0526. The van der Waals surface area contributed by atoms with E-state index >= 15 is 0 Å². The number of nitrogens with two attached hydrogens (primary N) is 1. The minimum Gasteiger partial charge on any atom is -0.445 e. The second kappa shape index (κ2) is 14.6. The monoisotopic (exact) mass is 710 g/mol. The summed E-state index contributed by atoms with van der Waals surface area (Å²) in [7, 11) is 0. The number of nitrogens with one attached hydrogen (secondary N) is 1. The molecule has 0 saturated heterocycles. The van der Waals surface area contributed by atoms with Gasteiger partial charge >= 0.3 is 0 Å². The van der Waals surface area contributed by atoms with E-state index in [0.717, 1.165) is 41.8 Å². The van der Waals surface area contributed by atoms with Gasteiger partial charge in [0.05, 0.1) is 17.7 Å². The van der Waals surface area contributed by atoms with Crippen molar-refractivity contribution in [2.45, 2.75) is 64.0 Å². The van der Waals surface area contributed by atoms with Gasteiger partial charge in [-0.05, 0) is 80.0 Å². The van der Waals surface area contributed by atoms with Crippen molar-refractivity contribution in [1.29, 1.82) is 0 Å². The van der Waals surface area contributed by atoms with Crippen LogP contribution in [0.5, 0.6) is 0 Å². The highest BCUT2D eigenvalue weighted by molar-refractivity contribution is 9.10. The molecule has 2 amide bonds. The Morgan fingerprint density at radius 2 is 1.83 bits per heavy atom. The standard InChI is InChI=1S/C36H41BrF2N4O4/c1-3-11-43(12-4-2)33(45)25-17-24(32-41-10-13-47-32)20-35(21-25,34(40)46)30(16-23-14-28(38)19-29(39)15-23)31(44)22-42-36(8-9-36)26-6-5-7-27(37)18-26/h5-7,10,13-15,17-20,30-31,42,44H,3-4,8-9,11-12,16,21-22H2,1-2H3,(H2,40,46)/t30-,31+,35?/m1/s1. The third-order valence-electron chi connectivity index (χ3n) is 9.19. The molecule has 2 aliphatic rings. The maximum atomic E-state index is 14.5. The number of carbonyl (C=O) groups excluding carboxylic acids is 2. The van der Waals surface area contributed by atoms with Gasteiger partial charge in [0.25, 0.3) is 0 Å². The molecule has 0 aliphatic heterocycles. The third-order valence-corrected chi connectivity index (χ3v) is 9.69. The smallest absolute Gasteiger partial charge is 0.249 e. The summed E-state index contributed by atoms with van der Waals surface area (Å²) in [5, 5.41) is 15.5. The Labute approximate surface area is 282 Å². The molecule has 2 aromatic carbocycles. The molecule has 3 atom stereocenters. The molecule has 0 spiro atoms. The quantitative estimate of drug-likeness (QED) is 0.177. The van der Waals surface area contributed by atoms with Crippen molar-refractivity contribution in [3.63, 3.8) is 0 Å². The molecule has 11 heteroatoms. The van der Waals surface area contributed by atoms with Gasteiger partial charge in [-0.3, -0.25) is 9.59 Å². The highest BCUT2D eigenvalue weighted by Crippen LogP contribution is 2.48.